The van der Waals surface area contributed by atoms with Crippen LogP contribution in [-0.2, 0) is 38.2 Å². The SMILES string of the molecule is COC(=O)C1CC(O)CN1C(=O)CCC(=O)OCC(=O)[C@@]1(O)CCC2C3CCC4=CC(=O)CC[C@]4(C)C3C(=O)C[C@@]21C. The lowest BCUT2D eigenvalue weighted by atomic mass is 9.46. The maximum Gasteiger partial charge on any atom is 0.328 e. The normalized spacial score (nSPS) is 39.1. The van der Waals surface area contributed by atoms with Crippen LogP contribution in [0.25, 0.3) is 0 Å². The van der Waals surface area contributed by atoms with Crippen LogP contribution in [0.4, 0.5) is 0 Å². The fourth-order valence-corrected chi connectivity index (χ4v) is 8.98. The Morgan fingerprint density at radius 2 is 1.81 bits per heavy atom. The molecule has 230 valence electrons. The summed E-state index contributed by atoms with van der Waals surface area (Å²) in [5.74, 6) is -2.81. The number of ketones is 3. The minimum absolute atomic E-state index is 0.0000822. The van der Waals surface area contributed by atoms with Crippen molar-refractivity contribution in [3.05, 3.63) is 11.6 Å². The third-order valence-corrected chi connectivity index (χ3v) is 11.2. The molecule has 3 saturated carbocycles. The van der Waals surface area contributed by atoms with Crippen molar-refractivity contribution in [2.24, 2.45) is 28.6 Å². The van der Waals surface area contributed by atoms with Gasteiger partial charge in [-0.3, -0.25) is 24.0 Å². The van der Waals surface area contributed by atoms with E-state index in [1.165, 1.54) is 12.0 Å². The van der Waals surface area contributed by atoms with Crippen LogP contribution in [-0.4, -0.2) is 88.3 Å². The predicted molar refractivity (Wildman–Crippen MR) is 145 cm³/mol. The Morgan fingerprint density at radius 3 is 2.52 bits per heavy atom. The number of Topliss-reactive ketones (excluding diaryl/α,β-unsaturated/α-hetero) is 2. The lowest BCUT2D eigenvalue weighted by molar-refractivity contribution is -0.174. The van der Waals surface area contributed by atoms with Gasteiger partial charge in [-0.05, 0) is 55.4 Å². The molecule has 11 heteroatoms. The van der Waals surface area contributed by atoms with Crippen molar-refractivity contribution in [1.29, 1.82) is 0 Å². The Kier molecular flexibility index (Phi) is 7.98. The van der Waals surface area contributed by atoms with Crippen molar-refractivity contribution in [3.63, 3.8) is 0 Å². The molecule has 4 fully saturated rings. The first-order valence-corrected chi connectivity index (χ1v) is 15.0. The standard InChI is InChI=1S/C31H41NO10/c1-29-10-8-18(33)12-17(29)4-5-20-21-9-11-31(40,30(21,2)14-23(35)27(20)29)24(36)16-42-26(38)7-6-25(37)32-15-19(34)13-22(32)28(39)41-3/h12,19-22,27,34,40H,4-11,13-16H2,1-3H3/t19?,20?,21?,22?,27?,29-,30-,31-/m0/s1. The fourth-order valence-electron chi connectivity index (χ4n) is 8.98. The van der Waals surface area contributed by atoms with Crippen LogP contribution in [0.3, 0.4) is 0 Å². The number of β-amino-alcohol motifs (C(OH)–C–C–N with tert-alkyl or cyclic N) is 1. The monoisotopic (exact) mass is 587 g/mol. The maximum atomic E-state index is 13.8. The molecule has 11 nitrogen and oxygen atoms in total. The summed E-state index contributed by atoms with van der Waals surface area (Å²) in [6.45, 7) is 3.17. The zero-order chi connectivity index (χ0) is 30.6. The first kappa shape index (κ1) is 30.5. The first-order valence-electron chi connectivity index (χ1n) is 15.0. The van der Waals surface area contributed by atoms with Crippen LogP contribution in [0.2, 0.25) is 0 Å². The number of fused-ring (bicyclic) bond motifs is 5. The van der Waals surface area contributed by atoms with Crippen LogP contribution < -0.4 is 0 Å². The number of hydrogen-bond donors (Lipinski definition) is 2. The Balaban J connectivity index is 1.20. The molecule has 0 aromatic heterocycles. The number of allylic oxidation sites excluding steroid dienone is 1. The smallest absolute Gasteiger partial charge is 0.328 e. The Morgan fingerprint density at radius 1 is 1.07 bits per heavy atom. The number of likely N-dealkylation sites (tertiary alicyclic amines) is 1. The number of methoxy groups -OCH3 is 1. The van der Waals surface area contributed by atoms with E-state index in [-0.39, 0.29) is 73.4 Å². The molecule has 0 radical (unpaired) electrons. The fraction of sp³-hybridized carbons (Fsp3) is 0.742. The van der Waals surface area contributed by atoms with Gasteiger partial charge in [-0.2, -0.15) is 0 Å². The summed E-state index contributed by atoms with van der Waals surface area (Å²) < 4.78 is 9.87. The van der Waals surface area contributed by atoms with Crippen LogP contribution in [0, 0.1) is 28.6 Å². The van der Waals surface area contributed by atoms with E-state index >= 15 is 0 Å². The number of carbonyl (C=O) groups excluding carboxylic acids is 6. The highest BCUT2D eigenvalue weighted by molar-refractivity contribution is 5.95. The summed E-state index contributed by atoms with van der Waals surface area (Å²) in [6.07, 6.45) is 3.58. The van der Waals surface area contributed by atoms with Crippen molar-refractivity contribution < 1.29 is 48.5 Å². The van der Waals surface area contributed by atoms with E-state index in [0.29, 0.717) is 19.3 Å². The molecule has 0 aromatic carbocycles. The number of carbonyl (C=O) groups is 6. The minimum atomic E-state index is -1.83. The van der Waals surface area contributed by atoms with Crippen LogP contribution in [0.1, 0.15) is 78.1 Å². The summed E-state index contributed by atoms with van der Waals surface area (Å²) in [4.78, 5) is 77.5. The van der Waals surface area contributed by atoms with Crippen molar-refractivity contribution in [2.45, 2.75) is 95.8 Å². The average Bonchev–Trinajstić information content (AvgIpc) is 3.47. The van der Waals surface area contributed by atoms with Crippen LogP contribution in [0.5, 0.6) is 0 Å². The molecular formula is C31H41NO10. The minimum Gasteiger partial charge on any atom is -0.467 e. The zero-order valence-electron chi connectivity index (χ0n) is 24.6. The van der Waals surface area contributed by atoms with E-state index in [4.69, 9.17) is 9.47 Å². The second kappa shape index (κ2) is 11.0. The molecule has 4 aliphatic carbocycles. The summed E-state index contributed by atoms with van der Waals surface area (Å²) in [5.41, 5.74) is -2.15. The number of ether oxygens (including phenoxy) is 2. The highest BCUT2D eigenvalue weighted by Crippen LogP contribution is 2.66. The van der Waals surface area contributed by atoms with Gasteiger partial charge in [-0.15, -0.1) is 0 Å². The van der Waals surface area contributed by atoms with E-state index in [2.05, 4.69) is 6.92 Å². The lowest BCUT2D eigenvalue weighted by Crippen LogP contribution is -2.61. The van der Waals surface area contributed by atoms with Crippen molar-refractivity contribution in [2.75, 3.05) is 20.3 Å². The molecule has 2 N–H and O–H groups in total. The molecule has 0 aromatic rings. The van der Waals surface area contributed by atoms with E-state index < -0.39 is 53.4 Å². The number of amides is 1. The molecular weight excluding hydrogens is 546 g/mol. The average molecular weight is 588 g/mol. The highest BCUT2D eigenvalue weighted by atomic mass is 16.5. The summed E-state index contributed by atoms with van der Waals surface area (Å²) in [6, 6.07) is -0.923. The molecule has 5 rings (SSSR count). The largest absolute Gasteiger partial charge is 0.467 e. The number of aliphatic hydroxyl groups is 2. The van der Waals surface area contributed by atoms with Gasteiger partial charge in [0.15, 0.2) is 12.4 Å². The Bertz CT molecular complexity index is 1240. The van der Waals surface area contributed by atoms with E-state index in [1.807, 2.05) is 0 Å². The quantitative estimate of drug-likeness (QED) is 0.417. The number of hydrogen-bond acceptors (Lipinski definition) is 10. The summed E-state index contributed by atoms with van der Waals surface area (Å²) >= 11 is 0. The van der Waals surface area contributed by atoms with Gasteiger partial charge >= 0.3 is 11.9 Å². The third-order valence-electron chi connectivity index (χ3n) is 11.2. The van der Waals surface area contributed by atoms with E-state index in [9.17, 15) is 39.0 Å². The molecule has 0 bridgehead atoms. The van der Waals surface area contributed by atoms with Gasteiger partial charge < -0.3 is 24.6 Å². The molecule has 1 heterocycles. The van der Waals surface area contributed by atoms with Crippen LogP contribution >= 0.6 is 0 Å². The Labute approximate surface area is 245 Å². The van der Waals surface area contributed by atoms with Gasteiger partial charge in [0.2, 0.25) is 11.7 Å². The van der Waals surface area contributed by atoms with Gasteiger partial charge in [-0.1, -0.05) is 19.4 Å². The number of nitrogens with zero attached hydrogens (tertiary/aromatic N) is 1. The van der Waals surface area contributed by atoms with E-state index in [1.54, 1.807) is 13.0 Å². The first-order chi connectivity index (χ1) is 19.7. The van der Waals surface area contributed by atoms with Gasteiger partial charge in [0, 0.05) is 43.6 Å². The Hall–Kier alpha value is -2.92. The van der Waals surface area contributed by atoms with E-state index in [0.717, 1.165) is 18.4 Å². The second-order valence-corrected chi connectivity index (χ2v) is 13.4. The van der Waals surface area contributed by atoms with Gasteiger partial charge in [0.1, 0.15) is 17.4 Å². The van der Waals surface area contributed by atoms with Gasteiger partial charge in [-0.25, -0.2) is 4.79 Å². The predicted octanol–water partition coefficient (Wildman–Crippen LogP) is 1.46. The summed E-state index contributed by atoms with van der Waals surface area (Å²) in [7, 11) is 1.19. The second-order valence-electron chi connectivity index (χ2n) is 13.4. The molecule has 5 aliphatic rings. The molecule has 1 amide bonds. The van der Waals surface area contributed by atoms with Crippen molar-refractivity contribution in [3.8, 4) is 0 Å². The molecule has 42 heavy (non-hydrogen) atoms. The number of aliphatic hydroxyl groups excluding tert-OH is 1. The topological polar surface area (TPSA) is 165 Å². The highest BCUT2D eigenvalue weighted by Gasteiger charge is 2.68. The van der Waals surface area contributed by atoms with Crippen LogP contribution in [0.15, 0.2) is 11.6 Å². The maximum absolute atomic E-state index is 13.8. The molecule has 0 spiro atoms. The molecule has 1 saturated heterocycles. The number of rotatable bonds is 7. The summed E-state index contributed by atoms with van der Waals surface area (Å²) in [5, 5.41) is 21.7. The molecule has 5 unspecified atom stereocenters. The number of esters is 2. The zero-order valence-corrected chi connectivity index (χ0v) is 24.6. The molecule has 8 atom stereocenters. The molecule has 1 aliphatic heterocycles. The van der Waals surface area contributed by atoms with Crippen molar-refractivity contribution in [1.82, 2.24) is 4.90 Å². The lowest BCUT2D eigenvalue weighted by Gasteiger charge is -2.57. The van der Waals surface area contributed by atoms with Gasteiger partial charge in [0.25, 0.3) is 0 Å². The van der Waals surface area contributed by atoms with Crippen molar-refractivity contribution >= 4 is 35.2 Å². The third kappa shape index (κ3) is 4.82. The van der Waals surface area contributed by atoms with Gasteiger partial charge in [0.05, 0.1) is 19.6 Å².